The van der Waals surface area contributed by atoms with E-state index < -0.39 is 30.1 Å². The number of amides is 1. The largest absolute Gasteiger partial charge is 0.480 e. The van der Waals surface area contributed by atoms with Gasteiger partial charge in [-0.1, -0.05) is 0 Å². The molecule has 0 aromatic heterocycles. The maximum Gasteiger partial charge on any atom is 0.323 e. The van der Waals surface area contributed by atoms with Crippen molar-refractivity contribution in [2.24, 2.45) is 0 Å². The van der Waals surface area contributed by atoms with Crippen LogP contribution in [-0.2, 0) is 16.0 Å². The third kappa shape index (κ3) is 4.12. The molecule has 1 aromatic rings. The van der Waals surface area contributed by atoms with Crippen LogP contribution in [0.3, 0.4) is 0 Å². The van der Waals surface area contributed by atoms with E-state index in [2.05, 4.69) is 0 Å². The van der Waals surface area contributed by atoms with Crippen molar-refractivity contribution in [3.05, 3.63) is 35.4 Å². The fraction of sp³-hybridized carbons (Fsp3) is 0.333. The number of halogens is 2. The van der Waals surface area contributed by atoms with Crippen molar-refractivity contribution in [3.63, 3.8) is 0 Å². The first-order valence-electron chi connectivity index (χ1n) is 5.30. The van der Waals surface area contributed by atoms with Gasteiger partial charge in [-0.2, -0.15) is 0 Å². The summed E-state index contributed by atoms with van der Waals surface area (Å²) in [5.41, 5.74) is 0.104. The third-order valence-corrected chi connectivity index (χ3v) is 2.41. The van der Waals surface area contributed by atoms with Gasteiger partial charge in [0.25, 0.3) is 0 Å². The van der Waals surface area contributed by atoms with Crippen molar-refractivity contribution >= 4 is 11.9 Å². The average Bonchev–Trinajstić information content (AvgIpc) is 2.29. The van der Waals surface area contributed by atoms with Crippen LogP contribution in [0.5, 0.6) is 0 Å². The topological polar surface area (TPSA) is 57.6 Å². The highest BCUT2D eigenvalue weighted by molar-refractivity contribution is 5.81. The van der Waals surface area contributed by atoms with Crippen molar-refractivity contribution in [1.82, 2.24) is 4.90 Å². The Kier molecular flexibility index (Phi) is 4.76. The molecular formula is C12H13F2NO3. The van der Waals surface area contributed by atoms with Gasteiger partial charge in [0.15, 0.2) is 0 Å². The maximum atomic E-state index is 13.2. The number of carbonyl (C=O) groups excluding carboxylic acids is 1. The first kappa shape index (κ1) is 14.1. The van der Waals surface area contributed by atoms with Crippen LogP contribution in [0.2, 0.25) is 0 Å². The van der Waals surface area contributed by atoms with Gasteiger partial charge in [0.1, 0.15) is 18.2 Å². The lowest BCUT2D eigenvalue weighted by Gasteiger charge is -2.14. The van der Waals surface area contributed by atoms with Crippen LogP contribution in [0.15, 0.2) is 18.2 Å². The fourth-order valence-corrected chi connectivity index (χ4v) is 1.46. The smallest absolute Gasteiger partial charge is 0.323 e. The zero-order valence-corrected chi connectivity index (χ0v) is 9.82. The molecule has 0 aliphatic heterocycles. The van der Waals surface area contributed by atoms with E-state index in [1.807, 2.05) is 0 Å². The summed E-state index contributed by atoms with van der Waals surface area (Å²) < 4.78 is 26.1. The Morgan fingerprint density at radius 2 is 2.00 bits per heavy atom. The second kappa shape index (κ2) is 6.09. The molecule has 0 saturated carbocycles. The van der Waals surface area contributed by atoms with Gasteiger partial charge in [-0.25, -0.2) is 8.78 Å². The van der Waals surface area contributed by atoms with E-state index in [1.165, 1.54) is 7.05 Å². The van der Waals surface area contributed by atoms with Gasteiger partial charge in [-0.3, -0.25) is 9.59 Å². The molecule has 0 spiro atoms. The van der Waals surface area contributed by atoms with Gasteiger partial charge in [0, 0.05) is 13.5 Å². The van der Waals surface area contributed by atoms with Crippen molar-refractivity contribution in [2.45, 2.75) is 12.8 Å². The average molecular weight is 257 g/mol. The summed E-state index contributed by atoms with van der Waals surface area (Å²) in [6.07, 6.45) is -0.0312. The molecule has 0 atom stereocenters. The Labute approximate surface area is 103 Å². The fourth-order valence-electron chi connectivity index (χ4n) is 1.46. The normalized spacial score (nSPS) is 10.2. The zero-order chi connectivity index (χ0) is 13.7. The number of aliphatic carboxylic acids is 1. The highest BCUT2D eigenvalue weighted by Gasteiger charge is 2.13. The number of hydrogen-bond donors (Lipinski definition) is 1. The van der Waals surface area contributed by atoms with Crippen LogP contribution in [0, 0.1) is 11.6 Å². The van der Waals surface area contributed by atoms with Gasteiger partial charge in [0.2, 0.25) is 5.91 Å². The van der Waals surface area contributed by atoms with Gasteiger partial charge in [-0.05, 0) is 30.2 Å². The molecule has 1 amide bonds. The monoisotopic (exact) mass is 257 g/mol. The quantitative estimate of drug-likeness (QED) is 0.868. The van der Waals surface area contributed by atoms with E-state index in [0.29, 0.717) is 0 Å². The molecule has 0 radical (unpaired) electrons. The molecule has 18 heavy (non-hydrogen) atoms. The molecule has 6 heteroatoms. The predicted molar refractivity (Wildman–Crippen MR) is 60.0 cm³/mol. The number of rotatable bonds is 5. The van der Waals surface area contributed by atoms with Gasteiger partial charge in [-0.15, -0.1) is 0 Å². The number of likely N-dealkylation sites (N-methyl/N-ethyl adjacent to an activating group) is 1. The first-order chi connectivity index (χ1) is 8.40. The number of aryl methyl sites for hydroxylation is 1. The predicted octanol–water partition coefficient (Wildman–Crippen LogP) is 1.44. The first-order valence-corrected chi connectivity index (χ1v) is 5.30. The van der Waals surface area contributed by atoms with E-state index in [4.69, 9.17) is 5.11 Å². The number of benzene rings is 1. The number of hydrogen-bond acceptors (Lipinski definition) is 2. The second-order valence-corrected chi connectivity index (χ2v) is 3.88. The molecule has 0 saturated heterocycles. The summed E-state index contributed by atoms with van der Waals surface area (Å²) >= 11 is 0. The van der Waals surface area contributed by atoms with Crippen molar-refractivity contribution < 1.29 is 23.5 Å². The molecule has 0 fully saturated rings. The van der Waals surface area contributed by atoms with Crippen LogP contribution in [-0.4, -0.2) is 35.5 Å². The molecule has 0 unspecified atom stereocenters. The van der Waals surface area contributed by atoms with Gasteiger partial charge >= 0.3 is 5.97 Å². The zero-order valence-electron chi connectivity index (χ0n) is 9.82. The summed E-state index contributed by atoms with van der Waals surface area (Å²) in [4.78, 5) is 22.9. The SMILES string of the molecule is CN(CC(=O)O)C(=O)CCc1cc(F)ccc1F. The van der Waals surface area contributed by atoms with Crippen LogP contribution >= 0.6 is 0 Å². The summed E-state index contributed by atoms with van der Waals surface area (Å²) in [7, 11) is 1.35. The highest BCUT2D eigenvalue weighted by atomic mass is 19.1. The minimum Gasteiger partial charge on any atom is -0.480 e. The number of carboxylic acid groups (broad SMARTS) is 1. The lowest BCUT2D eigenvalue weighted by atomic mass is 10.1. The van der Waals surface area contributed by atoms with Crippen LogP contribution < -0.4 is 0 Å². The molecule has 98 valence electrons. The minimum absolute atomic E-state index is 0.0341. The van der Waals surface area contributed by atoms with Crippen LogP contribution in [0.4, 0.5) is 8.78 Å². The molecule has 0 aliphatic rings. The molecular weight excluding hydrogens is 244 g/mol. The summed E-state index contributed by atoms with van der Waals surface area (Å²) in [5.74, 6) is -2.70. The Hall–Kier alpha value is -1.98. The Morgan fingerprint density at radius 3 is 2.61 bits per heavy atom. The second-order valence-electron chi connectivity index (χ2n) is 3.88. The number of nitrogens with zero attached hydrogens (tertiary/aromatic N) is 1. The van der Waals surface area contributed by atoms with Crippen LogP contribution in [0.25, 0.3) is 0 Å². The van der Waals surface area contributed by atoms with Gasteiger partial charge < -0.3 is 10.0 Å². The standard InChI is InChI=1S/C12H13F2NO3/c1-15(7-12(17)18)11(16)5-2-8-6-9(13)3-4-10(8)14/h3-4,6H,2,5,7H2,1H3,(H,17,18). The van der Waals surface area contributed by atoms with Crippen molar-refractivity contribution in [1.29, 1.82) is 0 Å². The minimum atomic E-state index is -1.12. The molecule has 0 heterocycles. The summed E-state index contributed by atoms with van der Waals surface area (Å²) in [6, 6.07) is 3.02. The van der Waals surface area contributed by atoms with Crippen LogP contribution in [0.1, 0.15) is 12.0 Å². The van der Waals surface area contributed by atoms with E-state index in [-0.39, 0.29) is 18.4 Å². The molecule has 0 aliphatic carbocycles. The molecule has 0 bridgehead atoms. The third-order valence-electron chi connectivity index (χ3n) is 2.41. The summed E-state index contributed by atoms with van der Waals surface area (Å²) in [5, 5.41) is 8.50. The Bertz CT molecular complexity index is 463. The van der Waals surface area contributed by atoms with E-state index in [9.17, 15) is 18.4 Å². The molecule has 1 rings (SSSR count). The van der Waals surface area contributed by atoms with E-state index >= 15 is 0 Å². The molecule has 4 nitrogen and oxygen atoms in total. The number of carbonyl (C=O) groups is 2. The highest BCUT2D eigenvalue weighted by Crippen LogP contribution is 2.12. The lowest BCUT2D eigenvalue weighted by molar-refractivity contribution is -0.143. The van der Waals surface area contributed by atoms with Crippen molar-refractivity contribution in [3.8, 4) is 0 Å². The molecule has 1 N–H and O–H groups in total. The Morgan fingerprint density at radius 1 is 1.33 bits per heavy atom. The lowest BCUT2D eigenvalue weighted by Crippen LogP contribution is -2.32. The molecule has 1 aromatic carbocycles. The van der Waals surface area contributed by atoms with E-state index in [1.54, 1.807) is 0 Å². The maximum absolute atomic E-state index is 13.2. The number of carboxylic acids is 1. The van der Waals surface area contributed by atoms with Gasteiger partial charge in [0.05, 0.1) is 0 Å². The Balaban J connectivity index is 2.57. The van der Waals surface area contributed by atoms with Crippen molar-refractivity contribution in [2.75, 3.05) is 13.6 Å². The van der Waals surface area contributed by atoms with E-state index in [0.717, 1.165) is 23.1 Å². The summed E-state index contributed by atoms with van der Waals surface area (Å²) in [6.45, 7) is -0.412.